The quantitative estimate of drug-likeness (QED) is 0.181. The number of hydrogen-bond donors (Lipinski definition) is 2. The normalized spacial score (nSPS) is 11.3. The maximum absolute atomic E-state index is 10.8. The highest BCUT2D eigenvalue weighted by atomic mass is 16.6. The first-order valence-corrected chi connectivity index (χ1v) is 5.94. The molecule has 1 heterocycles. The van der Waals surface area contributed by atoms with Crippen LogP contribution in [0.15, 0.2) is 17.3 Å². The van der Waals surface area contributed by atoms with Crippen LogP contribution in [0.5, 0.6) is 5.88 Å². The molecule has 3 N–H and O–H groups in total. The number of oxime groups is 1. The van der Waals surface area contributed by atoms with Crippen molar-refractivity contribution >= 4 is 11.5 Å². The molecule has 0 radical (unpaired) electrons. The summed E-state index contributed by atoms with van der Waals surface area (Å²) in [7, 11) is 0. The van der Waals surface area contributed by atoms with Crippen LogP contribution in [0, 0.1) is 10.1 Å². The Morgan fingerprint density at radius 2 is 2.25 bits per heavy atom. The van der Waals surface area contributed by atoms with Crippen molar-refractivity contribution in [1.82, 2.24) is 4.98 Å². The van der Waals surface area contributed by atoms with Crippen LogP contribution in [-0.2, 0) is 4.74 Å². The van der Waals surface area contributed by atoms with Gasteiger partial charge in [0.2, 0.25) is 5.88 Å². The molecule has 0 spiro atoms. The molecule has 1 aromatic rings. The molecule has 20 heavy (non-hydrogen) atoms. The molecule has 1 rings (SSSR count). The summed E-state index contributed by atoms with van der Waals surface area (Å²) in [6.07, 6.45) is 0.906. The Labute approximate surface area is 115 Å². The Morgan fingerprint density at radius 3 is 2.85 bits per heavy atom. The average Bonchev–Trinajstić information content (AvgIpc) is 2.45. The first-order chi connectivity index (χ1) is 9.60. The van der Waals surface area contributed by atoms with Crippen molar-refractivity contribution in [3.05, 3.63) is 27.9 Å². The number of amidine groups is 1. The molecule has 0 aromatic carbocycles. The summed E-state index contributed by atoms with van der Waals surface area (Å²) < 4.78 is 10.5. The van der Waals surface area contributed by atoms with Gasteiger partial charge in [0.15, 0.2) is 11.5 Å². The zero-order valence-electron chi connectivity index (χ0n) is 11.0. The van der Waals surface area contributed by atoms with Gasteiger partial charge in [-0.25, -0.2) is 4.98 Å². The zero-order valence-corrected chi connectivity index (χ0v) is 11.0. The van der Waals surface area contributed by atoms with Gasteiger partial charge in [0.1, 0.15) is 6.61 Å². The van der Waals surface area contributed by atoms with Gasteiger partial charge in [0.25, 0.3) is 5.69 Å². The SMILES string of the molecule is CCCOCCOc1ccc([N+](=O)[O-])c(/C(N)=N/O)n1. The zero-order chi connectivity index (χ0) is 15.0. The largest absolute Gasteiger partial charge is 0.475 e. The smallest absolute Gasteiger partial charge is 0.299 e. The van der Waals surface area contributed by atoms with E-state index in [9.17, 15) is 10.1 Å². The molecule has 1 aromatic heterocycles. The monoisotopic (exact) mass is 284 g/mol. The Kier molecular flexibility index (Phi) is 6.17. The number of hydrogen-bond acceptors (Lipinski definition) is 7. The predicted molar refractivity (Wildman–Crippen MR) is 70.0 cm³/mol. The lowest BCUT2D eigenvalue weighted by Gasteiger charge is -2.07. The number of aromatic nitrogens is 1. The van der Waals surface area contributed by atoms with E-state index in [0.29, 0.717) is 13.2 Å². The molecule has 0 aliphatic carbocycles. The van der Waals surface area contributed by atoms with Gasteiger partial charge in [0.05, 0.1) is 11.5 Å². The van der Waals surface area contributed by atoms with Crippen LogP contribution in [0.1, 0.15) is 19.0 Å². The molecule has 0 saturated carbocycles. The fraction of sp³-hybridized carbons (Fsp3) is 0.455. The highest BCUT2D eigenvalue weighted by Gasteiger charge is 2.20. The molecule has 0 saturated heterocycles. The number of nitrogens with zero attached hydrogens (tertiary/aromatic N) is 3. The third-order valence-corrected chi connectivity index (χ3v) is 2.22. The van der Waals surface area contributed by atoms with Gasteiger partial charge in [-0.1, -0.05) is 12.1 Å². The summed E-state index contributed by atoms with van der Waals surface area (Å²) in [6.45, 7) is 3.25. The van der Waals surface area contributed by atoms with Gasteiger partial charge >= 0.3 is 0 Å². The summed E-state index contributed by atoms with van der Waals surface area (Å²) in [5.74, 6) is -0.318. The van der Waals surface area contributed by atoms with E-state index in [2.05, 4.69) is 10.1 Å². The van der Waals surface area contributed by atoms with Crippen molar-refractivity contribution in [2.45, 2.75) is 13.3 Å². The second-order valence-electron chi connectivity index (χ2n) is 3.72. The van der Waals surface area contributed by atoms with E-state index >= 15 is 0 Å². The van der Waals surface area contributed by atoms with Gasteiger partial charge in [-0.05, 0) is 6.42 Å². The minimum Gasteiger partial charge on any atom is -0.475 e. The molecule has 110 valence electrons. The number of pyridine rings is 1. The van der Waals surface area contributed by atoms with Crippen LogP contribution in [0.25, 0.3) is 0 Å². The van der Waals surface area contributed by atoms with Gasteiger partial charge < -0.3 is 20.4 Å². The molecule has 0 aliphatic heterocycles. The fourth-order valence-electron chi connectivity index (χ4n) is 1.35. The topological polar surface area (TPSA) is 133 Å². The number of ether oxygens (including phenoxy) is 2. The van der Waals surface area contributed by atoms with E-state index < -0.39 is 10.8 Å². The molecule has 9 heteroatoms. The van der Waals surface area contributed by atoms with Crippen LogP contribution in [0.3, 0.4) is 0 Å². The molecule has 0 aliphatic rings. The van der Waals surface area contributed by atoms with Gasteiger partial charge in [-0.15, -0.1) is 0 Å². The lowest BCUT2D eigenvalue weighted by molar-refractivity contribution is -0.385. The van der Waals surface area contributed by atoms with Crippen LogP contribution in [0.4, 0.5) is 5.69 Å². The lowest BCUT2D eigenvalue weighted by Crippen LogP contribution is -2.18. The number of rotatable bonds is 8. The number of nitrogens with two attached hydrogens (primary N) is 1. The summed E-state index contributed by atoms with van der Waals surface area (Å²) in [5.41, 5.74) is 4.74. The van der Waals surface area contributed by atoms with E-state index in [1.165, 1.54) is 12.1 Å². The molecule has 9 nitrogen and oxygen atoms in total. The van der Waals surface area contributed by atoms with Crippen molar-refractivity contribution < 1.29 is 19.6 Å². The van der Waals surface area contributed by atoms with Crippen molar-refractivity contribution in [2.24, 2.45) is 10.9 Å². The van der Waals surface area contributed by atoms with E-state index in [4.69, 9.17) is 20.4 Å². The Hall–Kier alpha value is -2.42. The van der Waals surface area contributed by atoms with E-state index in [-0.39, 0.29) is 23.9 Å². The maximum Gasteiger partial charge on any atom is 0.299 e. The van der Waals surface area contributed by atoms with Crippen molar-refractivity contribution in [3.63, 3.8) is 0 Å². The second kappa shape index (κ2) is 7.89. The van der Waals surface area contributed by atoms with Crippen molar-refractivity contribution in [1.29, 1.82) is 0 Å². The minimum absolute atomic E-state index is 0.136. The van der Waals surface area contributed by atoms with E-state index in [1.807, 2.05) is 6.92 Å². The fourth-order valence-corrected chi connectivity index (χ4v) is 1.35. The number of nitro groups is 1. The first kappa shape index (κ1) is 15.6. The van der Waals surface area contributed by atoms with E-state index in [1.54, 1.807) is 0 Å². The van der Waals surface area contributed by atoms with Crippen LogP contribution < -0.4 is 10.5 Å². The van der Waals surface area contributed by atoms with Crippen LogP contribution in [-0.4, -0.2) is 40.8 Å². The molecule has 0 atom stereocenters. The molecule has 0 unspecified atom stereocenters. The second-order valence-corrected chi connectivity index (χ2v) is 3.72. The van der Waals surface area contributed by atoms with Gasteiger partial charge in [0, 0.05) is 18.7 Å². The summed E-state index contributed by atoms with van der Waals surface area (Å²) in [4.78, 5) is 14.0. The van der Waals surface area contributed by atoms with Crippen LogP contribution >= 0.6 is 0 Å². The lowest BCUT2D eigenvalue weighted by atomic mass is 10.3. The molecule has 0 amide bonds. The summed E-state index contributed by atoms with van der Waals surface area (Å²) >= 11 is 0. The Bertz CT molecular complexity index is 492. The maximum atomic E-state index is 10.8. The van der Waals surface area contributed by atoms with Gasteiger partial charge in [-0.2, -0.15) is 0 Å². The minimum atomic E-state index is -0.672. The van der Waals surface area contributed by atoms with Crippen LogP contribution in [0.2, 0.25) is 0 Å². The molecule has 0 bridgehead atoms. The van der Waals surface area contributed by atoms with E-state index in [0.717, 1.165) is 6.42 Å². The molecular formula is C11H16N4O5. The first-order valence-electron chi connectivity index (χ1n) is 5.94. The standard InChI is InChI=1S/C11H16N4O5/c1-2-5-19-6-7-20-9-4-3-8(15(17)18)10(13-9)11(12)14-16/h3-4,16H,2,5-7H2,1H3,(H2,12,14). The predicted octanol–water partition coefficient (Wildman–Crippen LogP) is 0.890. The van der Waals surface area contributed by atoms with Crippen molar-refractivity contribution in [3.8, 4) is 5.88 Å². The Balaban J connectivity index is 2.77. The molecule has 0 fully saturated rings. The highest BCUT2D eigenvalue weighted by molar-refractivity contribution is 5.98. The third-order valence-electron chi connectivity index (χ3n) is 2.22. The summed E-state index contributed by atoms with van der Waals surface area (Å²) in [5, 5.41) is 22.1. The highest BCUT2D eigenvalue weighted by Crippen LogP contribution is 2.20. The Morgan fingerprint density at radius 1 is 1.50 bits per heavy atom. The van der Waals surface area contributed by atoms with Gasteiger partial charge in [-0.3, -0.25) is 10.1 Å². The third kappa shape index (κ3) is 4.35. The van der Waals surface area contributed by atoms with Crippen molar-refractivity contribution in [2.75, 3.05) is 19.8 Å². The summed E-state index contributed by atoms with van der Waals surface area (Å²) in [6, 6.07) is 2.52. The average molecular weight is 284 g/mol. The molecular weight excluding hydrogens is 268 g/mol.